The maximum absolute atomic E-state index is 12.2. The third-order valence-electron chi connectivity index (χ3n) is 3.77. The Hall–Kier alpha value is -1.64. The number of morpholine rings is 1. The van der Waals surface area contributed by atoms with Crippen LogP contribution < -0.4 is 9.46 Å². The lowest BCUT2D eigenvalue weighted by molar-refractivity contribution is -0.143. The number of hydrogen-bond acceptors (Lipinski definition) is 5. The minimum absolute atomic E-state index is 0.00584. The average Bonchev–Trinajstić information content (AvgIpc) is 2.53. The van der Waals surface area contributed by atoms with E-state index in [0.29, 0.717) is 18.8 Å². The Morgan fingerprint density at radius 3 is 2.38 bits per heavy atom. The number of nitrogens with zero attached hydrogens (tertiary/aromatic N) is 1. The number of methoxy groups -OCH3 is 1. The molecule has 1 heterocycles. The van der Waals surface area contributed by atoms with Crippen molar-refractivity contribution >= 4 is 15.9 Å². The number of amides is 1. The van der Waals surface area contributed by atoms with Crippen molar-refractivity contribution in [3.8, 4) is 5.75 Å². The van der Waals surface area contributed by atoms with E-state index in [2.05, 4.69) is 4.72 Å². The molecule has 1 aliphatic heterocycles. The van der Waals surface area contributed by atoms with Gasteiger partial charge in [0, 0.05) is 26.1 Å². The van der Waals surface area contributed by atoms with Gasteiger partial charge >= 0.3 is 0 Å². The molecule has 0 aromatic heterocycles. The van der Waals surface area contributed by atoms with E-state index < -0.39 is 10.0 Å². The van der Waals surface area contributed by atoms with Crippen molar-refractivity contribution < 1.29 is 22.7 Å². The highest BCUT2D eigenvalue weighted by atomic mass is 32.2. The molecule has 8 heteroatoms. The molecule has 1 fully saturated rings. The van der Waals surface area contributed by atoms with Gasteiger partial charge in [-0.3, -0.25) is 4.79 Å². The fourth-order valence-electron chi connectivity index (χ4n) is 2.67. The van der Waals surface area contributed by atoms with Gasteiger partial charge in [-0.2, -0.15) is 0 Å². The van der Waals surface area contributed by atoms with Crippen molar-refractivity contribution in [3.05, 3.63) is 24.3 Å². The molecule has 0 saturated carbocycles. The Morgan fingerprint density at radius 2 is 1.83 bits per heavy atom. The molecule has 0 radical (unpaired) electrons. The molecule has 0 unspecified atom stereocenters. The number of rotatable bonds is 6. The molecule has 1 aromatic carbocycles. The van der Waals surface area contributed by atoms with Gasteiger partial charge in [0.25, 0.3) is 0 Å². The van der Waals surface area contributed by atoms with Crippen molar-refractivity contribution in [3.63, 3.8) is 0 Å². The summed E-state index contributed by atoms with van der Waals surface area (Å²) in [6, 6.07) is 6.09. The molecule has 0 bridgehead atoms. The smallest absolute Gasteiger partial charge is 0.240 e. The van der Waals surface area contributed by atoms with Crippen molar-refractivity contribution in [2.24, 2.45) is 0 Å². The molecule has 0 spiro atoms. The van der Waals surface area contributed by atoms with E-state index in [1.165, 1.54) is 19.2 Å². The number of nitrogens with one attached hydrogen (secondary N) is 1. The molecule has 24 heavy (non-hydrogen) atoms. The van der Waals surface area contributed by atoms with Crippen LogP contribution in [0.15, 0.2) is 29.2 Å². The van der Waals surface area contributed by atoms with Crippen molar-refractivity contribution in [1.29, 1.82) is 0 Å². The van der Waals surface area contributed by atoms with Gasteiger partial charge in [-0.15, -0.1) is 0 Å². The lowest BCUT2D eigenvalue weighted by Gasteiger charge is -2.35. The predicted octanol–water partition coefficient (Wildman–Crippen LogP) is 0.999. The topological polar surface area (TPSA) is 84.9 Å². The number of hydrogen-bond donors (Lipinski definition) is 1. The van der Waals surface area contributed by atoms with Gasteiger partial charge in [-0.1, -0.05) is 0 Å². The molecular weight excluding hydrogens is 332 g/mol. The second kappa shape index (κ2) is 7.96. The molecule has 1 aromatic rings. The number of benzene rings is 1. The summed E-state index contributed by atoms with van der Waals surface area (Å²) in [6.07, 6.45) is 0.108. The first-order chi connectivity index (χ1) is 11.3. The maximum Gasteiger partial charge on any atom is 0.240 e. The average molecular weight is 356 g/mol. The molecule has 134 valence electrons. The van der Waals surface area contributed by atoms with Crippen LogP contribution in [-0.2, 0) is 19.6 Å². The van der Waals surface area contributed by atoms with Crippen LogP contribution in [0.4, 0.5) is 0 Å². The normalized spacial score (nSPS) is 21.5. The van der Waals surface area contributed by atoms with E-state index in [9.17, 15) is 13.2 Å². The third-order valence-corrected chi connectivity index (χ3v) is 5.25. The van der Waals surface area contributed by atoms with Gasteiger partial charge in [-0.05, 0) is 38.1 Å². The van der Waals surface area contributed by atoms with Gasteiger partial charge in [0.05, 0.1) is 24.2 Å². The summed E-state index contributed by atoms with van der Waals surface area (Å²) in [7, 11) is -2.12. The lowest BCUT2D eigenvalue weighted by Crippen LogP contribution is -2.48. The number of carbonyl (C=O) groups is 1. The molecule has 2 rings (SSSR count). The summed E-state index contributed by atoms with van der Waals surface area (Å²) < 4.78 is 37.4. The Labute approximate surface area is 143 Å². The first-order valence-electron chi connectivity index (χ1n) is 7.89. The van der Waals surface area contributed by atoms with Gasteiger partial charge in [0.15, 0.2) is 0 Å². The Morgan fingerprint density at radius 1 is 1.25 bits per heavy atom. The molecule has 0 aliphatic carbocycles. The summed E-state index contributed by atoms with van der Waals surface area (Å²) in [4.78, 5) is 14.1. The monoisotopic (exact) mass is 356 g/mol. The minimum Gasteiger partial charge on any atom is -0.497 e. The third kappa shape index (κ3) is 4.93. The van der Waals surface area contributed by atoms with E-state index in [-0.39, 0.29) is 36.0 Å². The van der Waals surface area contributed by atoms with Gasteiger partial charge in [0.2, 0.25) is 15.9 Å². The largest absolute Gasteiger partial charge is 0.497 e. The van der Waals surface area contributed by atoms with E-state index in [0.717, 1.165) is 0 Å². The molecule has 1 amide bonds. The molecule has 1 N–H and O–H groups in total. The predicted molar refractivity (Wildman–Crippen MR) is 89.4 cm³/mol. The lowest BCUT2D eigenvalue weighted by atomic mass is 10.2. The summed E-state index contributed by atoms with van der Waals surface area (Å²) in [5.74, 6) is 0.508. The number of carbonyl (C=O) groups excluding carboxylic acids is 1. The van der Waals surface area contributed by atoms with Crippen LogP contribution in [0.5, 0.6) is 5.75 Å². The van der Waals surface area contributed by atoms with Crippen LogP contribution in [0.25, 0.3) is 0 Å². The van der Waals surface area contributed by atoms with E-state index in [1.807, 2.05) is 13.8 Å². The van der Waals surface area contributed by atoms with Crippen LogP contribution in [0.1, 0.15) is 20.3 Å². The zero-order chi connectivity index (χ0) is 17.7. The first kappa shape index (κ1) is 18.7. The van der Waals surface area contributed by atoms with E-state index >= 15 is 0 Å². The van der Waals surface area contributed by atoms with Crippen molar-refractivity contribution in [1.82, 2.24) is 9.62 Å². The summed E-state index contributed by atoms with van der Waals surface area (Å²) in [5, 5.41) is 0. The molecule has 2 atom stereocenters. The van der Waals surface area contributed by atoms with Crippen LogP contribution in [0.2, 0.25) is 0 Å². The fourth-order valence-corrected chi connectivity index (χ4v) is 3.70. The standard InChI is InChI=1S/C16H24N2O5S/c1-12-10-18(11-13(2)23-12)16(19)8-9-17-24(20,21)15-6-4-14(22-3)5-7-15/h4-7,12-13,17H,8-11H2,1-3H3/t12-,13+. The van der Waals surface area contributed by atoms with Gasteiger partial charge in [0.1, 0.15) is 5.75 Å². The minimum atomic E-state index is -3.63. The van der Waals surface area contributed by atoms with Gasteiger partial charge in [-0.25, -0.2) is 13.1 Å². The van der Waals surface area contributed by atoms with Crippen molar-refractivity contribution in [2.75, 3.05) is 26.7 Å². The quantitative estimate of drug-likeness (QED) is 0.822. The van der Waals surface area contributed by atoms with E-state index in [4.69, 9.17) is 9.47 Å². The Balaban J connectivity index is 1.86. The molecular formula is C16H24N2O5S. The second-order valence-corrected chi connectivity index (χ2v) is 7.65. The van der Waals surface area contributed by atoms with Gasteiger partial charge < -0.3 is 14.4 Å². The van der Waals surface area contributed by atoms with Crippen LogP contribution in [0.3, 0.4) is 0 Å². The zero-order valence-corrected chi connectivity index (χ0v) is 15.0. The molecule has 1 aliphatic rings. The van der Waals surface area contributed by atoms with E-state index in [1.54, 1.807) is 17.0 Å². The van der Waals surface area contributed by atoms with Crippen LogP contribution in [-0.4, -0.2) is 58.2 Å². The fraction of sp³-hybridized carbons (Fsp3) is 0.562. The zero-order valence-electron chi connectivity index (χ0n) is 14.2. The first-order valence-corrected chi connectivity index (χ1v) is 9.37. The highest BCUT2D eigenvalue weighted by molar-refractivity contribution is 7.89. The Kier molecular flexibility index (Phi) is 6.20. The van der Waals surface area contributed by atoms with Crippen LogP contribution in [0, 0.1) is 0 Å². The highest BCUT2D eigenvalue weighted by Gasteiger charge is 2.25. The molecule has 1 saturated heterocycles. The summed E-state index contributed by atoms with van der Waals surface area (Å²) in [5.41, 5.74) is 0. The number of ether oxygens (including phenoxy) is 2. The van der Waals surface area contributed by atoms with Crippen molar-refractivity contribution in [2.45, 2.75) is 37.4 Å². The summed E-state index contributed by atoms with van der Waals surface area (Å²) >= 11 is 0. The number of sulfonamides is 1. The summed E-state index contributed by atoms with van der Waals surface area (Å²) in [6.45, 7) is 4.97. The molecule has 7 nitrogen and oxygen atoms in total. The SMILES string of the molecule is COc1ccc(S(=O)(=O)NCCC(=O)N2C[C@@H](C)O[C@@H](C)C2)cc1. The maximum atomic E-state index is 12.2. The Bertz CT molecular complexity index is 650. The second-order valence-electron chi connectivity index (χ2n) is 5.88. The van der Waals surface area contributed by atoms with Crippen LogP contribution >= 0.6 is 0 Å². The highest BCUT2D eigenvalue weighted by Crippen LogP contribution is 2.15.